The van der Waals surface area contributed by atoms with E-state index in [-0.39, 0.29) is 5.91 Å². The largest absolute Gasteiger partial charge is 0.384 e. The molecule has 114 valence electrons. The molecular weight excluding hydrogens is 262 g/mol. The SMILES string of the molecule is CCCNc1cc(C)ncc1C(=O)NC(C1CC1)C1CC1. The molecule has 0 unspecified atom stereocenters. The number of hydrogen-bond acceptors (Lipinski definition) is 3. The zero-order valence-electron chi connectivity index (χ0n) is 13.0. The zero-order chi connectivity index (χ0) is 14.8. The molecule has 0 spiro atoms. The van der Waals surface area contributed by atoms with Gasteiger partial charge in [-0.15, -0.1) is 0 Å². The Bertz CT molecular complexity index is 509. The van der Waals surface area contributed by atoms with E-state index < -0.39 is 0 Å². The topological polar surface area (TPSA) is 54.0 Å². The third-order valence-corrected chi connectivity index (χ3v) is 4.41. The van der Waals surface area contributed by atoms with Crippen molar-refractivity contribution in [2.75, 3.05) is 11.9 Å². The highest BCUT2D eigenvalue weighted by atomic mass is 16.1. The minimum atomic E-state index is 0.0323. The van der Waals surface area contributed by atoms with Crippen LogP contribution in [-0.4, -0.2) is 23.5 Å². The van der Waals surface area contributed by atoms with Crippen LogP contribution in [0, 0.1) is 18.8 Å². The van der Waals surface area contributed by atoms with Gasteiger partial charge in [0.2, 0.25) is 0 Å². The van der Waals surface area contributed by atoms with Gasteiger partial charge in [0, 0.05) is 24.5 Å². The molecule has 2 fully saturated rings. The molecular formula is C17H25N3O. The van der Waals surface area contributed by atoms with Crippen LogP contribution in [0.5, 0.6) is 0 Å². The monoisotopic (exact) mass is 287 g/mol. The molecule has 2 N–H and O–H groups in total. The van der Waals surface area contributed by atoms with E-state index in [1.807, 2.05) is 13.0 Å². The highest BCUT2D eigenvalue weighted by molar-refractivity contribution is 5.99. The first kappa shape index (κ1) is 14.4. The number of aromatic nitrogens is 1. The van der Waals surface area contributed by atoms with Crippen molar-refractivity contribution >= 4 is 11.6 Å². The lowest BCUT2D eigenvalue weighted by Gasteiger charge is -2.19. The molecule has 1 amide bonds. The number of anilines is 1. The molecule has 2 saturated carbocycles. The maximum Gasteiger partial charge on any atom is 0.255 e. The van der Waals surface area contributed by atoms with Crippen LogP contribution in [-0.2, 0) is 0 Å². The lowest BCUT2D eigenvalue weighted by Crippen LogP contribution is -2.38. The van der Waals surface area contributed by atoms with Gasteiger partial charge in [-0.05, 0) is 56.9 Å². The molecule has 4 heteroatoms. The fraction of sp³-hybridized carbons (Fsp3) is 0.647. The van der Waals surface area contributed by atoms with Crippen molar-refractivity contribution in [1.29, 1.82) is 0 Å². The van der Waals surface area contributed by atoms with Crippen molar-refractivity contribution in [1.82, 2.24) is 10.3 Å². The summed E-state index contributed by atoms with van der Waals surface area (Å²) in [6.07, 6.45) is 7.83. The van der Waals surface area contributed by atoms with Crippen LogP contribution >= 0.6 is 0 Å². The summed E-state index contributed by atoms with van der Waals surface area (Å²) in [4.78, 5) is 16.9. The van der Waals surface area contributed by atoms with Crippen molar-refractivity contribution in [3.63, 3.8) is 0 Å². The number of carbonyl (C=O) groups is 1. The summed E-state index contributed by atoms with van der Waals surface area (Å²) in [7, 11) is 0. The maximum absolute atomic E-state index is 12.6. The molecule has 21 heavy (non-hydrogen) atoms. The van der Waals surface area contributed by atoms with Crippen LogP contribution < -0.4 is 10.6 Å². The van der Waals surface area contributed by atoms with E-state index in [9.17, 15) is 4.79 Å². The Morgan fingerprint density at radius 2 is 2.00 bits per heavy atom. The molecule has 0 radical (unpaired) electrons. The predicted octanol–water partition coefficient (Wildman–Crippen LogP) is 3.13. The number of rotatable bonds is 7. The van der Waals surface area contributed by atoms with Gasteiger partial charge in [-0.25, -0.2) is 0 Å². The number of aryl methyl sites for hydroxylation is 1. The van der Waals surface area contributed by atoms with Crippen molar-refractivity contribution in [3.05, 3.63) is 23.5 Å². The Labute approximate surface area is 126 Å². The van der Waals surface area contributed by atoms with E-state index in [2.05, 4.69) is 22.5 Å². The third kappa shape index (κ3) is 3.55. The van der Waals surface area contributed by atoms with Crippen LogP contribution in [0.3, 0.4) is 0 Å². The molecule has 2 aliphatic rings. The summed E-state index contributed by atoms with van der Waals surface area (Å²) in [6.45, 7) is 4.95. The summed E-state index contributed by atoms with van der Waals surface area (Å²) in [6, 6.07) is 2.35. The second-order valence-corrected chi connectivity index (χ2v) is 6.47. The number of nitrogens with one attached hydrogen (secondary N) is 2. The van der Waals surface area contributed by atoms with E-state index >= 15 is 0 Å². The average molecular weight is 287 g/mol. The van der Waals surface area contributed by atoms with E-state index in [4.69, 9.17) is 0 Å². The van der Waals surface area contributed by atoms with E-state index in [1.165, 1.54) is 25.7 Å². The van der Waals surface area contributed by atoms with Gasteiger partial charge < -0.3 is 10.6 Å². The Morgan fingerprint density at radius 3 is 2.57 bits per heavy atom. The normalized spacial score (nSPS) is 17.9. The Morgan fingerprint density at radius 1 is 1.33 bits per heavy atom. The van der Waals surface area contributed by atoms with Crippen LogP contribution in [0.2, 0.25) is 0 Å². The summed E-state index contributed by atoms with van der Waals surface area (Å²) >= 11 is 0. The maximum atomic E-state index is 12.6. The molecule has 1 heterocycles. The quantitative estimate of drug-likeness (QED) is 0.810. The van der Waals surface area contributed by atoms with Crippen molar-refractivity contribution < 1.29 is 4.79 Å². The lowest BCUT2D eigenvalue weighted by molar-refractivity contribution is 0.0927. The zero-order valence-corrected chi connectivity index (χ0v) is 13.0. The molecule has 0 saturated heterocycles. The molecule has 0 aromatic carbocycles. The fourth-order valence-electron chi connectivity index (χ4n) is 2.91. The highest BCUT2D eigenvalue weighted by Gasteiger charge is 2.42. The Hall–Kier alpha value is -1.58. The second-order valence-electron chi connectivity index (χ2n) is 6.47. The van der Waals surface area contributed by atoms with Crippen molar-refractivity contribution in [2.24, 2.45) is 11.8 Å². The summed E-state index contributed by atoms with van der Waals surface area (Å²) in [5, 5.41) is 6.62. The van der Waals surface area contributed by atoms with E-state index in [1.54, 1.807) is 6.20 Å². The number of pyridine rings is 1. The van der Waals surface area contributed by atoms with Gasteiger partial charge in [0.1, 0.15) is 0 Å². The standard InChI is InChI=1S/C17H25N3O/c1-3-8-18-15-9-11(2)19-10-14(15)17(21)20-16(12-4-5-12)13-6-7-13/h9-10,12-13,16H,3-8H2,1-2H3,(H,18,19)(H,20,21). The van der Waals surface area contributed by atoms with Crippen molar-refractivity contribution in [2.45, 2.75) is 52.0 Å². The van der Waals surface area contributed by atoms with E-state index in [0.29, 0.717) is 23.4 Å². The highest BCUT2D eigenvalue weighted by Crippen LogP contribution is 2.44. The van der Waals surface area contributed by atoms with Crippen molar-refractivity contribution in [3.8, 4) is 0 Å². The smallest absolute Gasteiger partial charge is 0.255 e. The van der Waals surface area contributed by atoms with Crippen LogP contribution in [0.1, 0.15) is 55.1 Å². The molecule has 4 nitrogen and oxygen atoms in total. The van der Waals surface area contributed by atoms with Gasteiger partial charge in [0.25, 0.3) is 5.91 Å². The molecule has 1 aromatic heterocycles. The number of amides is 1. The molecule has 3 rings (SSSR count). The predicted molar refractivity (Wildman–Crippen MR) is 84.5 cm³/mol. The molecule has 2 aliphatic carbocycles. The minimum absolute atomic E-state index is 0.0323. The molecule has 0 atom stereocenters. The minimum Gasteiger partial charge on any atom is -0.384 e. The number of carbonyl (C=O) groups excluding carboxylic acids is 1. The van der Waals surface area contributed by atoms with Gasteiger partial charge >= 0.3 is 0 Å². The average Bonchev–Trinajstić information content (AvgIpc) is 3.35. The third-order valence-electron chi connectivity index (χ3n) is 4.41. The number of nitrogens with zero attached hydrogens (tertiary/aromatic N) is 1. The first-order valence-corrected chi connectivity index (χ1v) is 8.20. The van der Waals surface area contributed by atoms with Crippen LogP contribution in [0.4, 0.5) is 5.69 Å². The van der Waals surface area contributed by atoms with E-state index in [0.717, 1.165) is 24.3 Å². The Balaban J connectivity index is 1.73. The summed E-state index contributed by atoms with van der Waals surface area (Å²) < 4.78 is 0. The molecule has 1 aromatic rings. The van der Waals surface area contributed by atoms with Gasteiger partial charge in [-0.3, -0.25) is 9.78 Å². The van der Waals surface area contributed by atoms with Gasteiger partial charge in [0.15, 0.2) is 0 Å². The number of hydrogen-bond donors (Lipinski definition) is 2. The Kier molecular flexibility index (Phi) is 4.13. The van der Waals surface area contributed by atoms with Gasteiger partial charge in [-0.1, -0.05) is 6.92 Å². The van der Waals surface area contributed by atoms with Crippen LogP contribution in [0.25, 0.3) is 0 Å². The summed E-state index contributed by atoms with van der Waals surface area (Å²) in [5.41, 5.74) is 2.53. The molecule has 0 aliphatic heterocycles. The van der Waals surface area contributed by atoms with Gasteiger partial charge in [0.05, 0.1) is 11.3 Å². The lowest BCUT2D eigenvalue weighted by atomic mass is 10.1. The first-order valence-electron chi connectivity index (χ1n) is 8.20. The first-order chi connectivity index (χ1) is 10.2. The fourth-order valence-corrected chi connectivity index (χ4v) is 2.91. The summed E-state index contributed by atoms with van der Waals surface area (Å²) in [5.74, 6) is 1.46. The van der Waals surface area contributed by atoms with Crippen LogP contribution in [0.15, 0.2) is 12.3 Å². The van der Waals surface area contributed by atoms with Gasteiger partial charge in [-0.2, -0.15) is 0 Å². The second kappa shape index (κ2) is 6.04. The molecule has 0 bridgehead atoms.